The quantitative estimate of drug-likeness (QED) is 0.632. The van der Waals surface area contributed by atoms with Crippen LogP contribution in [0.15, 0.2) is 36.4 Å². The van der Waals surface area contributed by atoms with Gasteiger partial charge >= 0.3 is 11.8 Å². The zero-order chi connectivity index (χ0) is 20.2. The van der Waals surface area contributed by atoms with E-state index in [2.05, 4.69) is 10.6 Å². The number of ether oxygens (including phenoxy) is 4. The third kappa shape index (κ3) is 4.35. The fraction of sp³-hybridized carbons (Fsp3) is 0.300. The Kier molecular flexibility index (Phi) is 5.39. The highest BCUT2D eigenvalue weighted by Gasteiger charge is 2.19. The van der Waals surface area contributed by atoms with Crippen LogP contribution in [0.2, 0.25) is 0 Å². The van der Waals surface area contributed by atoms with E-state index in [4.69, 9.17) is 18.9 Å². The van der Waals surface area contributed by atoms with Crippen LogP contribution >= 0.6 is 0 Å². The molecule has 0 spiro atoms. The van der Waals surface area contributed by atoms with Crippen molar-refractivity contribution in [1.29, 1.82) is 0 Å². The molecule has 1 atom stereocenters. The van der Waals surface area contributed by atoms with Crippen molar-refractivity contribution in [2.24, 2.45) is 0 Å². The van der Waals surface area contributed by atoms with Crippen molar-refractivity contribution in [2.45, 2.75) is 12.6 Å². The van der Waals surface area contributed by atoms with Gasteiger partial charge in [-0.2, -0.15) is 0 Å². The molecule has 2 heterocycles. The highest BCUT2D eigenvalue weighted by molar-refractivity contribution is 6.35. The van der Waals surface area contributed by atoms with Crippen molar-refractivity contribution in [3.05, 3.63) is 47.5 Å². The minimum atomic E-state index is -0.989. The fourth-order valence-corrected chi connectivity index (χ4v) is 2.97. The molecule has 4 rings (SSSR count). The molecule has 29 heavy (non-hydrogen) atoms. The molecule has 2 aromatic carbocycles. The summed E-state index contributed by atoms with van der Waals surface area (Å²) in [5.74, 6) is 0.772. The van der Waals surface area contributed by atoms with Crippen molar-refractivity contribution >= 4 is 11.8 Å². The van der Waals surface area contributed by atoms with Gasteiger partial charge in [-0.15, -0.1) is 0 Å². The molecule has 0 aromatic heterocycles. The lowest BCUT2D eigenvalue weighted by atomic mass is 10.1. The molecular weight excluding hydrogens is 380 g/mol. The van der Waals surface area contributed by atoms with Gasteiger partial charge in [0, 0.05) is 13.1 Å². The summed E-state index contributed by atoms with van der Waals surface area (Å²) in [5.41, 5.74) is 1.32. The summed E-state index contributed by atoms with van der Waals surface area (Å²) in [6.07, 6.45) is -0.989. The predicted octanol–water partition coefficient (Wildman–Crippen LogP) is 0.652. The lowest BCUT2D eigenvalue weighted by Crippen LogP contribution is -2.41. The number of carbonyl (C=O) groups excluding carboxylic acids is 2. The topological polar surface area (TPSA) is 115 Å². The maximum atomic E-state index is 12.0. The van der Waals surface area contributed by atoms with Gasteiger partial charge in [0.05, 0.1) is 6.10 Å². The summed E-state index contributed by atoms with van der Waals surface area (Å²) in [6.45, 7) is 1.13. The SMILES string of the molecule is O=C(NCc1ccc2c(c1)OCO2)C(=O)NC[C@@H](O)c1ccc2c(c1)OCCO2. The van der Waals surface area contributed by atoms with E-state index in [1.807, 2.05) is 0 Å². The Bertz CT molecular complexity index is 931. The predicted molar refractivity (Wildman–Crippen MR) is 99.8 cm³/mol. The van der Waals surface area contributed by atoms with Gasteiger partial charge in [-0.1, -0.05) is 12.1 Å². The molecule has 2 aromatic rings. The number of hydrogen-bond donors (Lipinski definition) is 3. The number of hydrogen-bond acceptors (Lipinski definition) is 7. The molecule has 2 amide bonds. The summed E-state index contributed by atoms with van der Waals surface area (Å²) in [7, 11) is 0. The van der Waals surface area contributed by atoms with Gasteiger partial charge in [-0.25, -0.2) is 0 Å². The molecule has 0 radical (unpaired) electrons. The molecular formula is C20H20N2O7. The monoisotopic (exact) mass is 400 g/mol. The first-order valence-corrected chi connectivity index (χ1v) is 9.12. The second-order valence-electron chi connectivity index (χ2n) is 6.50. The summed E-state index contributed by atoms with van der Waals surface area (Å²) >= 11 is 0. The molecule has 2 aliphatic heterocycles. The number of aliphatic hydroxyl groups is 1. The Morgan fingerprint density at radius 1 is 0.862 bits per heavy atom. The summed E-state index contributed by atoms with van der Waals surface area (Å²) < 4.78 is 21.4. The second kappa shape index (κ2) is 8.27. The lowest BCUT2D eigenvalue weighted by Gasteiger charge is -2.20. The van der Waals surface area contributed by atoms with Crippen molar-refractivity contribution in [2.75, 3.05) is 26.6 Å². The summed E-state index contributed by atoms with van der Waals surface area (Å²) in [5, 5.41) is 15.2. The smallest absolute Gasteiger partial charge is 0.309 e. The van der Waals surface area contributed by atoms with E-state index in [1.54, 1.807) is 36.4 Å². The van der Waals surface area contributed by atoms with Crippen LogP contribution in [0.1, 0.15) is 17.2 Å². The molecule has 0 saturated heterocycles. The van der Waals surface area contributed by atoms with E-state index in [9.17, 15) is 14.7 Å². The van der Waals surface area contributed by atoms with E-state index in [0.29, 0.717) is 41.8 Å². The van der Waals surface area contributed by atoms with Crippen molar-refractivity contribution in [1.82, 2.24) is 10.6 Å². The van der Waals surface area contributed by atoms with Crippen molar-refractivity contribution in [3.8, 4) is 23.0 Å². The third-order valence-corrected chi connectivity index (χ3v) is 4.50. The van der Waals surface area contributed by atoms with Gasteiger partial charge < -0.3 is 34.7 Å². The zero-order valence-corrected chi connectivity index (χ0v) is 15.5. The Balaban J connectivity index is 1.26. The molecule has 0 bridgehead atoms. The molecule has 152 valence electrons. The number of carbonyl (C=O) groups is 2. The highest BCUT2D eigenvalue weighted by Crippen LogP contribution is 2.33. The number of rotatable bonds is 5. The van der Waals surface area contributed by atoms with E-state index in [-0.39, 0.29) is 19.9 Å². The second-order valence-corrected chi connectivity index (χ2v) is 6.50. The van der Waals surface area contributed by atoms with Crippen molar-refractivity contribution < 1.29 is 33.6 Å². The Morgan fingerprint density at radius 2 is 1.52 bits per heavy atom. The number of nitrogens with one attached hydrogen (secondary N) is 2. The van der Waals surface area contributed by atoms with E-state index < -0.39 is 17.9 Å². The number of aliphatic hydroxyl groups excluding tert-OH is 1. The maximum Gasteiger partial charge on any atom is 0.309 e. The number of benzene rings is 2. The van der Waals surface area contributed by atoms with E-state index in [1.165, 1.54) is 0 Å². The molecule has 0 fully saturated rings. The Hall–Kier alpha value is -3.46. The van der Waals surface area contributed by atoms with Crippen LogP contribution in [0.25, 0.3) is 0 Å². The zero-order valence-electron chi connectivity index (χ0n) is 15.5. The summed E-state index contributed by atoms with van der Waals surface area (Å²) in [4.78, 5) is 24.0. The Labute approximate surface area is 166 Å². The van der Waals surface area contributed by atoms with Crippen LogP contribution in [-0.2, 0) is 16.1 Å². The van der Waals surface area contributed by atoms with Gasteiger partial charge in [0.15, 0.2) is 23.0 Å². The standard InChI is InChI=1S/C20H20N2O7/c23-14(13-2-4-15-18(8-13)27-6-5-26-15)10-22-20(25)19(24)21-9-12-1-3-16-17(7-12)29-11-28-16/h1-4,7-8,14,23H,5-6,9-11H2,(H,21,24)(H,22,25)/t14-/m1/s1. The average molecular weight is 400 g/mol. The van der Waals surface area contributed by atoms with Gasteiger partial charge in [0.1, 0.15) is 13.2 Å². The molecule has 9 heteroatoms. The number of amides is 2. The Morgan fingerprint density at radius 3 is 2.38 bits per heavy atom. The van der Waals surface area contributed by atoms with Crippen LogP contribution in [0.4, 0.5) is 0 Å². The molecule has 0 saturated carbocycles. The molecule has 0 aliphatic carbocycles. The average Bonchev–Trinajstić information content (AvgIpc) is 3.23. The maximum absolute atomic E-state index is 12.0. The third-order valence-electron chi connectivity index (χ3n) is 4.50. The highest BCUT2D eigenvalue weighted by atomic mass is 16.7. The lowest BCUT2D eigenvalue weighted by molar-refractivity contribution is -0.139. The van der Waals surface area contributed by atoms with Crippen molar-refractivity contribution in [3.63, 3.8) is 0 Å². The fourth-order valence-electron chi connectivity index (χ4n) is 2.97. The van der Waals surface area contributed by atoms with Gasteiger partial charge in [0.2, 0.25) is 6.79 Å². The van der Waals surface area contributed by atoms with Crippen LogP contribution < -0.4 is 29.6 Å². The van der Waals surface area contributed by atoms with Crippen LogP contribution in [-0.4, -0.2) is 43.5 Å². The van der Waals surface area contributed by atoms with E-state index >= 15 is 0 Å². The first-order valence-electron chi connectivity index (χ1n) is 9.12. The molecule has 3 N–H and O–H groups in total. The van der Waals surface area contributed by atoms with Crippen LogP contribution in [0.5, 0.6) is 23.0 Å². The van der Waals surface area contributed by atoms with Crippen LogP contribution in [0.3, 0.4) is 0 Å². The first kappa shape index (κ1) is 18.9. The molecule has 0 unspecified atom stereocenters. The minimum absolute atomic E-state index is 0.115. The van der Waals surface area contributed by atoms with Gasteiger partial charge in [-0.05, 0) is 35.4 Å². The largest absolute Gasteiger partial charge is 0.486 e. The number of fused-ring (bicyclic) bond motifs is 2. The van der Waals surface area contributed by atoms with E-state index in [0.717, 1.165) is 5.56 Å². The normalized spacial score (nSPS) is 14.8. The minimum Gasteiger partial charge on any atom is -0.486 e. The van der Waals surface area contributed by atoms with Gasteiger partial charge in [0.25, 0.3) is 0 Å². The van der Waals surface area contributed by atoms with Crippen LogP contribution in [0, 0.1) is 0 Å². The first-order chi connectivity index (χ1) is 14.1. The van der Waals surface area contributed by atoms with Gasteiger partial charge in [-0.3, -0.25) is 9.59 Å². The summed E-state index contributed by atoms with van der Waals surface area (Å²) in [6, 6.07) is 10.3. The molecule has 9 nitrogen and oxygen atoms in total. The molecule has 2 aliphatic rings.